The van der Waals surface area contributed by atoms with E-state index in [9.17, 15) is 0 Å². The predicted octanol–water partition coefficient (Wildman–Crippen LogP) is 1.84. The van der Waals surface area contributed by atoms with Crippen LogP contribution in [-0.4, -0.2) is 40.0 Å². The minimum Gasteiger partial charge on any atom is -0.382 e. The van der Waals surface area contributed by atoms with Crippen molar-refractivity contribution in [2.45, 2.75) is 25.9 Å². The minimum atomic E-state index is 0.174. The lowest BCUT2D eigenvalue weighted by Gasteiger charge is -2.27. The van der Waals surface area contributed by atoms with Crippen molar-refractivity contribution in [3.63, 3.8) is 0 Å². The van der Waals surface area contributed by atoms with Gasteiger partial charge >= 0.3 is 0 Å². The first-order chi connectivity index (χ1) is 7.77. The summed E-state index contributed by atoms with van der Waals surface area (Å²) in [5.41, 5.74) is 0. The molecule has 0 aromatic rings. The molecular weight excluding hydrogens is 202 g/mol. The zero-order valence-electron chi connectivity index (χ0n) is 10.7. The molecule has 0 spiro atoms. The van der Waals surface area contributed by atoms with Crippen molar-refractivity contribution in [3.8, 4) is 0 Å². The molecule has 1 aliphatic rings. The number of hydrogen-bond acceptors (Lipinski definition) is 3. The molecule has 3 nitrogen and oxygen atoms in total. The van der Waals surface area contributed by atoms with E-state index in [1.54, 1.807) is 7.11 Å². The number of rotatable bonds is 7. The van der Waals surface area contributed by atoms with Crippen LogP contribution in [0.25, 0.3) is 0 Å². The van der Waals surface area contributed by atoms with Crippen molar-refractivity contribution in [3.05, 3.63) is 12.2 Å². The molecule has 1 aliphatic carbocycles. The van der Waals surface area contributed by atoms with Crippen molar-refractivity contribution in [1.82, 2.24) is 5.32 Å². The molecule has 0 aromatic heterocycles. The molecule has 0 fully saturated rings. The minimum absolute atomic E-state index is 0.174. The Bertz CT molecular complexity index is 200. The summed E-state index contributed by atoms with van der Waals surface area (Å²) >= 11 is 0. The Labute approximate surface area is 99.2 Å². The Morgan fingerprint density at radius 3 is 2.75 bits per heavy atom. The lowest BCUT2D eigenvalue weighted by Crippen LogP contribution is -2.33. The number of nitrogens with one attached hydrogen (secondary N) is 1. The molecule has 0 saturated carbocycles. The zero-order valence-corrected chi connectivity index (χ0v) is 10.7. The van der Waals surface area contributed by atoms with E-state index in [0.29, 0.717) is 12.5 Å². The van der Waals surface area contributed by atoms with Crippen LogP contribution in [0.1, 0.15) is 19.8 Å². The topological polar surface area (TPSA) is 30.5 Å². The standard InChI is InChI=1S/C13H25NO2/c1-11-6-4-5-7-12(11)9-16-13(8-14-2)10-15-3/h4-5,11-14H,6-10H2,1-3H3. The third kappa shape index (κ3) is 4.64. The fourth-order valence-electron chi connectivity index (χ4n) is 2.08. The maximum atomic E-state index is 5.91. The molecule has 0 heterocycles. The fourth-order valence-corrected chi connectivity index (χ4v) is 2.08. The van der Waals surface area contributed by atoms with Gasteiger partial charge in [-0.2, -0.15) is 0 Å². The second-order valence-corrected chi connectivity index (χ2v) is 4.65. The second-order valence-electron chi connectivity index (χ2n) is 4.65. The Hall–Kier alpha value is -0.380. The Morgan fingerprint density at radius 1 is 1.38 bits per heavy atom. The number of allylic oxidation sites excluding steroid dienone is 2. The van der Waals surface area contributed by atoms with E-state index >= 15 is 0 Å². The first kappa shape index (κ1) is 13.7. The van der Waals surface area contributed by atoms with Gasteiger partial charge in [0.15, 0.2) is 0 Å². The predicted molar refractivity (Wildman–Crippen MR) is 66.6 cm³/mol. The van der Waals surface area contributed by atoms with Crippen LogP contribution in [-0.2, 0) is 9.47 Å². The normalized spacial score (nSPS) is 26.9. The van der Waals surface area contributed by atoms with E-state index in [-0.39, 0.29) is 6.10 Å². The smallest absolute Gasteiger partial charge is 0.0932 e. The molecule has 94 valence electrons. The summed E-state index contributed by atoms with van der Waals surface area (Å²) in [5.74, 6) is 1.41. The highest BCUT2D eigenvalue weighted by molar-refractivity contribution is 4.93. The molecule has 0 aliphatic heterocycles. The first-order valence-electron chi connectivity index (χ1n) is 6.18. The van der Waals surface area contributed by atoms with Gasteiger partial charge in [0.25, 0.3) is 0 Å². The fraction of sp³-hybridized carbons (Fsp3) is 0.846. The lowest BCUT2D eigenvalue weighted by molar-refractivity contribution is -0.0226. The molecule has 3 heteroatoms. The largest absolute Gasteiger partial charge is 0.382 e. The second kappa shape index (κ2) is 7.82. The summed E-state index contributed by atoms with van der Waals surface area (Å²) in [5, 5.41) is 3.13. The van der Waals surface area contributed by atoms with Gasteiger partial charge < -0.3 is 14.8 Å². The lowest BCUT2D eigenvalue weighted by atomic mass is 9.85. The van der Waals surface area contributed by atoms with Gasteiger partial charge in [-0.15, -0.1) is 0 Å². The van der Waals surface area contributed by atoms with Crippen molar-refractivity contribution >= 4 is 0 Å². The molecule has 0 aromatic carbocycles. The average molecular weight is 227 g/mol. The maximum Gasteiger partial charge on any atom is 0.0932 e. The van der Waals surface area contributed by atoms with E-state index in [4.69, 9.17) is 9.47 Å². The summed E-state index contributed by atoms with van der Waals surface area (Å²) in [6, 6.07) is 0. The molecule has 3 atom stereocenters. The Morgan fingerprint density at radius 2 is 2.12 bits per heavy atom. The highest BCUT2D eigenvalue weighted by atomic mass is 16.5. The van der Waals surface area contributed by atoms with E-state index in [1.807, 2.05) is 7.05 Å². The van der Waals surface area contributed by atoms with Crippen molar-refractivity contribution in [2.75, 3.05) is 33.9 Å². The van der Waals surface area contributed by atoms with Gasteiger partial charge in [-0.1, -0.05) is 19.1 Å². The van der Waals surface area contributed by atoms with E-state index < -0.39 is 0 Å². The zero-order chi connectivity index (χ0) is 11.8. The molecule has 16 heavy (non-hydrogen) atoms. The third-order valence-electron chi connectivity index (χ3n) is 3.25. The first-order valence-corrected chi connectivity index (χ1v) is 6.18. The van der Waals surface area contributed by atoms with Crippen LogP contribution in [0.3, 0.4) is 0 Å². The van der Waals surface area contributed by atoms with Gasteiger partial charge in [0, 0.05) is 13.7 Å². The van der Waals surface area contributed by atoms with Gasteiger partial charge in [0.1, 0.15) is 0 Å². The molecular formula is C13H25NO2. The van der Waals surface area contributed by atoms with Crippen LogP contribution < -0.4 is 5.32 Å². The third-order valence-corrected chi connectivity index (χ3v) is 3.25. The van der Waals surface area contributed by atoms with Gasteiger partial charge in [-0.05, 0) is 31.7 Å². The highest BCUT2D eigenvalue weighted by Gasteiger charge is 2.20. The summed E-state index contributed by atoms with van der Waals surface area (Å²) < 4.78 is 11.1. The number of methoxy groups -OCH3 is 1. The van der Waals surface area contributed by atoms with Crippen molar-refractivity contribution in [1.29, 1.82) is 0 Å². The van der Waals surface area contributed by atoms with E-state index in [0.717, 1.165) is 25.5 Å². The summed E-state index contributed by atoms with van der Waals surface area (Å²) in [6.45, 7) is 4.67. The van der Waals surface area contributed by atoms with E-state index in [1.165, 1.54) is 6.42 Å². The number of hydrogen-bond donors (Lipinski definition) is 1. The molecule has 3 unspecified atom stereocenters. The monoisotopic (exact) mass is 227 g/mol. The van der Waals surface area contributed by atoms with Crippen molar-refractivity contribution in [2.24, 2.45) is 11.8 Å². The van der Waals surface area contributed by atoms with Gasteiger partial charge in [0.05, 0.1) is 19.3 Å². The molecule has 0 radical (unpaired) electrons. The van der Waals surface area contributed by atoms with Gasteiger partial charge in [-0.3, -0.25) is 0 Å². The van der Waals surface area contributed by atoms with Crippen LogP contribution in [0.4, 0.5) is 0 Å². The highest BCUT2D eigenvalue weighted by Crippen LogP contribution is 2.25. The van der Waals surface area contributed by atoms with Crippen molar-refractivity contribution < 1.29 is 9.47 Å². The summed E-state index contributed by atoms with van der Waals surface area (Å²) in [7, 11) is 3.66. The quantitative estimate of drug-likeness (QED) is 0.673. The summed E-state index contributed by atoms with van der Waals surface area (Å²) in [6.07, 6.45) is 7.07. The number of ether oxygens (including phenoxy) is 2. The van der Waals surface area contributed by atoms with Gasteiger partial charge in [0.2, 0.25) is 0 Å². The molecule has 0 amide bonds. The average Bonchev–Trinajstić information content (AvgIpc) is 2.28. The maximum absolute atomic E-state index is 5.91. The van der Waals surface area contributed by atoms with E-state index in [2.05, 4.69) is 24.4 Å². The molecule has 0 saturated heterocycles. The molecule has 1 N–H and O–H groups in total. The van der Waals surface area contributed by atoms with Crippen LogP contribution >= 0.6 is 0 Å². The van der Waals surface area contributed by atoms with Crippen LogP contribution in [0.5, 0.6) is 0 Å². The number of likely N-dealkylation sites (N-methyl/N-ethyl adjacent to an activating group) is 1. The molecule has 0 bridgehead atoms. The SMILES string of the molecule is CNCC(COC)OCC1CC=CCC1C. The van der Waals surface area contributed by atoms with Crippen LogP contribution in [0.15, 0.2) is 12.2 Å². The van der Waals surface area contributed by atoms with Crippen LogP contribution in [0.2, 0.25) is 0 Å². The van der Waals surface area contributed by atoms with Crippen LogP contribution in [0, 0.1) is 11.8 Å². The Balaban J connectivity index is 2.27. The summed E-state index contributed by atoms with van der Waals surface area (Å²) in [4.78, 5) is 0. The van der Waals surface area contributed by atoms with Gasteiger partial charge in [-0.25, -0.2) is 0 Å². The Kier molecular flexibility index (Phi) is 6.69. The molecule has 1 rings (SSSR count).